The van der Waals surface area contributed by atoms with E-state index in [1.54, 1.807) is 0 Å². The number of hydrogen-bond acceptors (Lipinski definition) is 1. The van der Waals surface area contributed by atoms with Gasteiger partial charge >= 0.3 is 0 Å². The summed E-state index contributed by atoms with van der Waals surface area (Å²) in [5.74, 6) is 0.819. The molecule has 1 saturated heterocycles. The van der Waals surface area contributed by atoms with E-state index < -0.39 is 0 Å². The van der Waals surface area contributed by atoms with Crippen LogP contribution in [0.4, 0.5) is 0 Å². The largest absolute Gasteiger partial charge is 0.236 e. The van der Waals surface area contributed by atoms with Gasteiger partial charge in [0.15, 0.2) is 0 Å². The summed E-state index contributed by atoms with van der Waals surface area (Å²) in [5, 5.41) is 0. The minimum absolute atomic E-state index is 0.819. The SMILES string of the molecule is CC(C)C1CN1Br. The van der Waals surface area contributed by atoms with Crippen LogP contribution in [0.25, 0.3) is 0 Å². The Morgan fingerprint density at radius 2 is 2.14 bits per heavy atom. The van der Waals surface area contributed by atoms with Gasteiger partial charge in [0.25, 0.3) is 0 Å². The number of hydrogen-bond donors (Lipinski definition) is 0. The van der Waals surface area contributed by atoms with Crippen molar-refractivity contribution in [3.63, 3.8) is 0 Å². The van der Waals surface area contributed by atoms with Crippen molar-refractivity contribution < 1.29 is 0 Å². The highest BCUT2D eigenvalue weighted by molar-refractivity contribution is 9.07. The van der Waals surface area contributed by atoms with Crippen LogP contribution in [0.15, 0.2) is 0 Å². The lowest BCUT2D eigenvalue weighted by atomic mass is 10.1. The molecule has 0 amide bonds. The average molecular weight is 164 g/mol. The monoisotopic (exact) mass is 163 g/mol. The van der Waals surface area contributed by atoms with Gasteiger partial charge in [-0.2, -0.15) is 0 Å². The summed E-state index contributed by atoms with van der Waals surface area (Å²) in [7, 11) is 0. The van der Waals surface area contributed by atoms with Crippen LogP contribution in [0.1, 0.15) is 13.8 Å². The highest BCUT2D eigenvalue weighted by atomic mass is 79.9. The maximum atomic E-state index is 3.38. The van der Waals surface area contributed by atoms with Gasteiger partial charge in [0.1, 0.15) is 0 Å². The highest BCUT2D eigenvalue weighted by Crippen LogP contribution is 2.28. The van der Waals surface area contributed by atoms with Crippen LogP contribution in [0.2, 0.25) is 0 Å². The lowest BCUT2D eigenvalue weighted by molar-refractivity contribution is 0.589. The van der Waals surface area contributed by atoms with Gasteiger partial charge in [-0.1, -0.05) is 13.8 Å². The second-order valence-corrected chi connectivity index (χ2v) is 3.30. The van der Waals surface area contributed by atoms with E-state index >= 15 is 0 Å². The van der Waals surface area contributed by atoms with Crippen molar-refractivity contribution in [2.75, 3.05) is 6.54 Å². The predicted molar refractivity (Wildman–Crippen MR) is 34.3 cm³/mol. The van der Waals surface area contributed by atoms with E-state index in [-0.39, 0.29) is 0 Å². The van der Waals surface area contributed by atoms with Crippen LogP contribution in [0.3, 0.4) is 0 Å². The van der Waals surface area contributed by atoms with Gasteiger partial charge in [-0.05, 0) is 5.92 Å². The van der Waals surface area contributed by atoms with Crippen LogP contribution in [-0.4, -0.2) is 16.5 Å². The average Bonchev–Trinajstić information content (AvgIpc) is 2.17. The molecule has 0 bridgehead atoms. The Balaban J connectivity index is 2.20. The van der Waals surface area contributed by atoms with Crippen molar-refractivity contribution >= 4 is 16.1 Å². The zero-order chi connectivity index (χ0) is 5.44. The molecular weight excluding hydrogens is 154 g/mol. The van der Waals surface area contributed by atoms with Crippen molar-refractivity contribution in [2.24, 2.45) is 5.92 Å². The number of rotatable bonds is 1. The van der Waals surface area contributed by atoms with Gasteiger partial charge in [-0.15, -0.1) is 0 Å². The van der Waals surface area contributed by atoms with E-state index in [0.717, 1.165) is 12.0 Å². The van der Waals surface area contributed by atoms with E-state index in [9.17, 15) is 0 Å². The molecule has 0 radical (unpaired) electrons. The fourth-order valence-electron chi connectivity index (χ4n) is 0.666. The Morgan fingerprint density at radius 3 is 2.14 bits per heavy atom. The molecule has 1 nitrogen and oxygen atoms in total. The lowest BCUT2D eigenvalue weighted by Crippen LogP contribution is -1.98. The highest BCUT2D eigenvalue weighted by Gasteiger charge is 2.33. The third kappa shape index (κ3) is 1.16. The molecule has 1 fully saturated rings. The standard InChI is InChI=1S/C5H10BrN/c1-4(2)5-3-7(5)6/h4-5H,3H2,1-2H3. The molecule has 1 aliphatic heterocycles. The molecular formula is C5H10BrN. The van der Waals surface area contributed by atoms with Crippen LogP contribution < -0.4 is 0 Å². The molecule has 0 spiro atoms. The molecule has 1 aliphatic rings. The third-order valence-electron chi connectivity index (χ3n) is 1.36. The topological polar surface area (TPSA) is 3.01 Å². The summed E-state index contributed by atoms with van der Waals surface area (Å²) in [5.41, 5.74) is 0. The van der Waals surface area contributed by atoms with Gasteiger partial charge in [-0.3, -0.25) is 0 Å². The van der Waals surface area contributed by atoms with Crippen LogP contribution >= 0.6 is 16.1 Å². The van der Waals surface area contributed by atoms with Gasteiger partial charge in [0.05, 0.1) is 0 Å². The third-order valence-corrected chi connectivity index (χ3v) is 2.17. The van der Waals surface area contributed by atoms with E-state index in [1.165, 1.54) is 6.54 Å². The first-order chi connectivity index (χ1) is 3.22. The Hall–Kier alpha value is 0.440. The molecule has 7 heavy (non-hydrogen) atoms. The van der Waals surface area contributed by atoms with Crippen LogP contribution in [0, 0.1) is 5.92 Å². The van der Waals surface area contributed by atoms with Crippen molar-refractivity contribution in [1.82, 2.24) is 3.93 Å². The minimum atomic E-state index is 0.819. The fraction of sp³-hybridized carbons (Fsp3) is 1.00. The Morgan fingerprint density at radius 1 is 1.71 bits per heavy atom. The summed E-state index contributed by atoms with van der Waals surface area (Å²) < 4.78 is 2.18. The summed E-state index contributed by atoms with van der Waals surface area (Å²) >= 11 is 3.38. The summed E-state index contributed by atoms with van der Waals surface area (Å²) in [6.07, 6.45) is 0. The zero-order valence-electron chi connectivity index (χ0n) is 4.69. The fourth-order valence-corrected chi connectivity index (χ4v) is 1.44. The second-order valence-electron chi connectivity index (χ2n) is 2.39. The van der Waals surface area contributed by atoms with Crippen molar-refractivity contribution in [3.05, 3.63) is 0 Å². The molecule has 0 aliphatic carbocycles. The first-order valence-corrected chi connectivity index (χ1v) is 3.35. The molecule has 1 heterocycles. The van der Waals surface area contributed by atoms with Gasteiger partial charge in [-0.25, -0.2) is 3.93 Å². The Bertz CT molecular complexity index is 72.5. The van der Waals surface area contributed by atoms with Gasteiger partial charge < -0.3 is 0 Å². The summed E-state index contributed by atoms with van der Waals surface area (Å²) in [4.78, 5) is 0. The Labute approximate surface area is 53.0 Å². The summed E-state index contributed by atoms with van der Waals surface area (Å²) in [6.45, 7) is 5.72. The molecule has 2 atom stereocenters. The first-order valence-electron chi connectivity index (χ1n) is 2.64. The van der Waals surface area contributed by atoms with Crippen LogP contribution in [-0.2, 0) is 0 Å². The van der Waals surface area contributed by atoms with E-state index in [4.69, 9.17) is 0 Å². The molecule has 0 aromatic rings. The van der Waals surface area contributed by atoms with E-state index in [2.05, 4.69) is 33.9 Å². The molecule has 1 rings (SSSR count). The van der Waals surface area contributed by atoms with Gasteiger partial charge in [0, 0.05) is 28.7 Å². The second kappa shape index (κ2) is 1.75. The summed E-state index contributed by atoms with van der Waals surface area (Å²) in [6, 6.07) is 0.819. The molecule has 42 valence electrons. The smallest absolute Gasteiger partial charge is 0.0365 e. The maximum Gasteiger partial charge on any atom is 0.0365 e. The molecule has 0 aromatic heterocycles. The molecule has 0 aromatic carbocycles. The van der Waals surface area contributed by atoms with Crippen molar-refractivity contribution in [2.45, 2.75) is 19.9 Å². The van der Waals surface area contributed by atoms with Crippen molar-refractivity contribution in [3.8, 4) is 0 Å². The zero-order valence-corrected chi connectivity index (χ0v) is 6.27. The quantitative estimate of drug-likeness (QED) is 0.420. The minimum Gasteiger partial charge on any atom is -0.236 e. The number of nitrogens with zero attached hydrogens (tertiary/aromatic N) is 1. The number of halogens is 1. The molecule has 2 heteroatoms. The van der Waals surface area contributed by atoms with Gasteiger partial charge in [0.2, 0.25) is 0 Å². The predicted octanol–water partition coefficient (Wildman–Crippen LogP) is 1.64. The van der Waals surface area contributed by atoms with E-state index in [1.807, 2.05) is 0 Å². The van der Waals surface area contributed by atoms with Crippen molar-refractivity contribution in [1.29, 1.82) is 0 Å². The molecule has 0 saturated carbocycles. The molecule has 2 unspecified atom stereocenters. The normalized spacial score (nSPS) is 39.4. The maximum absolute atomic E-state index is 3.38. The van der Waals surface area contributed by atoms with Crippen LogP contribution in [0.5, 0.6) is 0 Å². The lowest BCUT2D eigenvalue weighted by Gasteiger charge is -1.96. The van der Waals surface area contributed by atoms with E-state index in [0.29, 0.717) is 0 Å². The molecule has 0 N–H and O–H groups in total. The Kier molecular flexibility index (Phi) is 1.39. The first kappa shape index (κ1) is 5.57.